The molecule has 0 aromatic carbocycles. The van der Waals surface area contributed by atoms with Crippen LogP contribution in [0.15, 0.2) is 55.0 Å². The number of rotatable bonds is 5. The summed E-state index contributed by atoms with van der Waals surface area (Å²) in [5.41, 5.74) is 2.82. The summed E-state index contributed by atoms with van der Waals surface area (Å²) >= 11 is 0. The first kappa shape index (κ1) is 21.6. The third kappa shape index (κ3) is 3.68. The highest BCUT2D eigenvalue weighted by atomic mass is 19.3. The molecule has 4 aromatic rings. The zero-order chi connectivity index (χ0) is 24.2. The largest absolute Gasteiger partial charge is 0.493 e. The van der Waals surface area contributed by atoms with Gasteiger partial charge in [0.1, 0.15) is 16.9 Å². The number of aromatic hydroxyl groups is 1. The summed E-state index contributed by atoms with van der Waals surface area (Å²) in [7, 11) is 0. The number of alkyl halides is 2. The number of pyridine rings is 3. The first-order chi connectivity index (χ1) is 16.9. The van der Waals surface area contributed by atoms with Gasteiger partial charge < -0.3 is 5.11 Å². The highest BCUT2D eigenvalue weighted by Gasteiger charge is 2.55. The molecular formula is C25H21F2N7O. The number of hydrogen-bond acceptors (Lipinski definition) is 7. The second kappa shape index (κ2) is 7.78. The molecule has 176 valence electrons. The van der Waals surface area contributed by atoms with E-state index in [0.717, 1.165) is 16.5 Å². The van der Waals surface area contributed by atoms with Gasteiger partial charge in [-0.25, -0.2) is 18.7 Å². The molecule has 0 radical (unpaired) electrons. The predicted octanol–water partition coefficient (Wildman–Crippen LogP) is 3.98. The van der Waals surface area contributed by atoms with Crippen LogP contribution >= 0.6 is 0 Å². The van der Waals surface area contributed by atoms with Crippen LogP contribution in [0.25, 0.3) is 33.5 Å². The minimum absolute atomic E-state index is 0.0745. The zero-order valence-electron chi connectivity index (χ0n) is 18.6. The molecule has 8 nitrogen and oxygen atoms in total. The highest BCUT2D eigenvalue weighted by Crippen LogP contribution is 2.45. The molecule has 1 saturated carbocycles. The molecular weight excluding hydrogens is 452 g/mol. The molecule has 1 saturated heterocycles. The maximum absolute atomic E-state index is 13.3. The van der Waals surface area contributed by atoms with Crippen molar-refractivity contribution in [2.45, 2.75) is 36.8 Å². The molecule has 1 aliphatic heterocycles. The topological polar surface area (TPSA) is 104 Å². The lowest BCUT2D eigenvalue weighted by Crippen LogP contribution is -2.68. The Bertz CT molecular complexity index is 1450. The van der Waals surface area contributed by atoms with Gasteiger partial charge in [0.15, 0.2) is 0 Å². The lowest BCUT2D eigenvalue weighted by molar-refractivity contribution is -0.158. The molecule has 4 aromatic heterocycles. The van der Waals surface area contributed by atoms with Gasteiger partial charge in [0.25, 0.3) is 5.92 Å². The average molecular weight is 473 g/mol. The van der Waals surface area contributed by atoms with Crippen molar-refractivity contribution in [1.29, 1.82) is 5.26 Å². The van der Waals surface area contributed by atoms with Gasteiger partial charge in [-0.15, -0.1) is 0 Å². The summed E-state index contributed by atoms with van der Waals surface area (Å²) in [4.78, 5) is 15.3. The van der Waals surface area contributed by atoms with Gasteiger partial charge in [0.2, 0.25) is 5.88 Å². The Balaban J connectivity index is 1.35. The zero-order valence-corrected chi connectivity index (χ0v) is 18.6. The number of fused-ring (bicyclic) bond motifs is 1. The Morgan fingerprint density at radius 2 is 1.94 bits per heavy atom. The smallest absolute Gasteiger partial charge is 0.251 e. The van der Waals surface area contributed by atoms with Crippen LogP contribution in [-0.2, 0) is 5.54 Å². The van der Waals surface area contributed by atoms with E-state index in [1.54, 1.807) is 23.1 Å². The van der Waals surface area contributed by atoms with E-state index in [1.165, 1.54) is 6.07 Å². The Labute approximate surface area is 199 Å². The van der Waals surface area contributed by atoms with Crippen molar-refractivity contribution in [1.82, 2.24) is 29.6 Å². The van der Waals surface area contributed by atoms with Crippen molar-refractivity contribution >= 4 is 10.9 Å². The summed E-state index contributed by atoms with van der Waals surface area (Å²) in [5.74, 6) is -2.65. The molecule has 2 fully saturated rings. The maximum atomic E-state index is 13.3. The van der Waals surface area contributed by atoms with Crippen molar-refractivity contribution in [3.05, 3.63) is 55.0 Å². The van der Waals surface area contributed by atoms with E-state index in [4.69, 9.17) is 10.1 Å². The Morgan fingerprint density at radius 3 is 2.66 bits per heavy atom. The molecule has 35 heavy (non-hydrogen) atoms. The second-order valence-corrected chi connectivity index (χ2v) is 9.36. The maximum Gasteiger partial charge on any atom is 0.251 e. The van der Waals surface area contributed by atoms with Crippen molar-refractivity contribution in [2.24, 2.45) is 0 Å². The van der Waals surface area contributed by atoms with Crippen LogP contribution in [0.5, 0.6) is 5.88 Å². The number of halogens is 2. The molecule has 6 rings (SSSR count). The fourth-order valence-corrected chi connectivity index (χ4v) is 5.01. The van der Waals surface area contributed by atoms with Gasteiger partial charge in [-0.1, -0.05) is 0 Å². The van der Waals surface area contributed by atoms with Crippen LogP contribution < -0.4 is 0 Å². The van der Waals surface area contributed by atoms with Gasteiger partial charge in [-0.05, 0) is 30.3 Å². The lowest BCUT2D eigenvalue weighted by Gasteiger charge is -2.55. The quantitative estimate of drug-likeness (QED) is 0.468. The second-order valence-electron chi connectivity index (χ2n) is 9.36. The number of nitriles is 1. The van der Waals surface area contributed by atoms with Crippen molar-refractivity contribution in [2.75, 3.05) is 13.1 Å². The van der Waals surface area contributed by atoms with E-state index in [0.29, 0.717) is 30.2 Å². The Morgan fingerprint density at radius 1 is 1.11 bits per heavy atom. The third-order valence-electron chi connectivity index (χ3n) is 6.95. The highest BCUT2D eigenvalue weighted by molar-refractivity contribution is 5.93. The third-order valence-corrected chi connectivity index (χ3v) is 6.95. The van der Waals surface area contributed by atoms with E-state index in [2.05, 4.69) is 16.0 Å². The fraction of sp³-hybridized carbons (Fsp3) is 0.320. The molecule has 1 N–H and O–H groups in total. The molecule has 0 unspecified atom stereocenters. The fourth-order valence-electron chi connectivity index (χ4n) is 5.01. The molecule has 0 spiro atoms. The minimum atomic E-state index is -2.57. The predicted molar refractivity (Wildman–Crippen MR) is 123 cm³/mol. The molecule has 0 atom stereocenters. The van der Waals surface area contributed by atoms with Crippen molar-refractivity contribution < 1.29 is 13.9 Å². The summed E-state index contributed by atoms with van der Waals surface area (Å²) in [6, 6.07) is 12.8. The van der Waals surface area contributed by atoms with E-state index >= 15 is 0 Å². The van der Waals surface area contributed by atoms with Crippen LogP contribution in [0.3, 0.4) is 0 Å². The monoisotopic (exact) mass is 473 g/mol. The molecule has 2 aliphatic rings. The van der Waals surface area contributed by atoms with Gasteiger partial charge in [-0.2, -0.15) is 10.4 Å². The molecule has 10 heteroatoms. The molecule has 1 aliphatic carbocycles. The SMILES string of the molecule is N#CCC1(n2ccc(-c3nc(-c4ccc(O)nc4)cc4ncccc34)n2)CN(C2CC(F)(F)C2)C1. The summed E-state index contributed by atoms with van der Waals surface area (Å²) in [6.07, 6.45) is 5.08. The van der Waals surface area contributed by atoms with E-state index < -0.39 is 11.5 Å². The van der Waals surface area contributed by atoms with Gasteiger partial charge >= 0.3 is 0 Å². The van der Waals surface area contributed by atoms with Crippen molar-refractivity contribution in [3.63, 3.8) is 0 Å². The first-order valence-electron chi connectivity index (χ1n) is 11.3. The van der Waals surface area contributed by atoms with Gasteiger partial charge in [0, 0.05) is 67.6 Å². The number of likely N-dealkylation sites (tertiary alicyclic amines) is 1. The minimum Gasteiger partial charge on any atom is -0.493 e. The van der Waals surface area contributed by atoms with E-state index in [-0.39, 0.29) is 31.2 Å². The Hall–Kier alpha value is -3.97. The van der Waals surface area contributed by atoms with E-state index in [1.807, 2.05) is 35.4 Å². The van der Waals surface area contributed by atoms with Crippen LogP contribution in [0, 0.1) is 11.3 Å². The van der Waals surface area contributed by atoms with Crippen LogP contribution in [-0.4, -0.2) is 59.8 Å². The lowest BCUT2D eigenvalue weighted by atomic mass is 9.79. The van der Waals surface area contributed by atoms with Crippen molar-refractivity contribution in [3.8, 4) is 34.6 Å². The molecule has 0 bridgehead atoms. The summed E-state index contributed by atoms with van der Waals surface area (Å²) < 4.78 is 28.5. The summed E-state index contributed by atoms with van der Waals surface area (Å²) in [5, 5.41) is 24.6. The average Bonchev–Trinajstić information content (AvgIpc) is 3.30. The Kier molecular flexibility index (Phi) is 4.79. The van der Waals surface area contributed by atoms with Crippen LogP contribution in [0.2, 0.25) is 0 Å². The van der Waals surface area contributed by atoms with E-state index in [9.17, 15) is 19.1 Å². The van der Waals surface area contributed by atoms with Crippen LogP contribution in [0.4, 0.5) is 8.78 Å². The van der Waals surface area contributed by atoms with Gasteiger partial charge in [-0.3, -0.25) is 14.6 Å². The normalized spacial score (nSPS) is 19.1. The molecule has 0 amide bonds. The number of hydrogen-bond donors (Lipinski definition) is 1. The first-order valence-corrected chi connectivity index (χ1v) is 11.3. The van der Waals surface area contributed by atoms with Crippen LogP contribution in [0.1, 0.15) is 19.3 Å². The number of aromatic nitrogens is 5. The summed E-state index contributed by atoms with van der Waals surface area (Å²) in [6.45, 7) is 1.02. The number of nitrogens with zero attached hydrogens (tertiary/aromatic N) is 7. The van der Waals surface area contributed by atoms with Gasteiger partial charge in [0.05, 0.1) is 23.7 Å². The molecule has 5 heterocycles. The standard InChI is InChI=1S/C25H21F2N7O/c26-25(27)11-17(12-25)33-14-24(15-33,6-7-28)34-9-5-19(32-34)23-18-2-1-8-29-21(18)10-20(31-23)16-3-4-22(35)30-13-16/h1-5,8-10,13,17H,6,11-12,14-15H2,(H,30,35).